The molecule has 1 aromatic rings. The smallest absolute Gasteiger partial charge is 0.124 e. The largest absolute Gasteiger partial charge is 0.507 e. The van der Waals surface area contributed by atoms with Gasteiger partial charge in [0.05, 0.1) is 6.61 Å². The molecule has 0 aliphatic heterocycles. The Morgan fingerprint density at radius 1 is 1.00 bits per heavy atom. The molecule has 2 heteroatoms. The number of aromatic hydroxyl groups is 1. The van der Waals surface area contributed by atoms with Gasteiger partial charge in [0.15, 0.2) is 0 Å². The molecule has 0 saturated heterocycles. The van der Waals surface area contributed by atoms with Crippen LogP contribution in [0.3, 0.4) is 0 Å². The first kappa shape index (κ1) is 15.5. The van der Waals surface area contributed by atoms with Crippen molar-refractivity contribution >= 4 is 0 Å². The van der Waals surface area contributed by atoms with Crippen molar-refractivity contribution in [2.75, 3.05) is 0 Å². The first-order chi connectivity index (χ1) is 10.8. The lowest BCUT2D eigenvalue weighted by Gasteiger charge is -2.57. The van der Waals surface area contributed by atoms with Crippen LogP contribution in [0.5, 0.6) is 5.75 Å². The fraction of sp³-hybridized carbons (Fsp3) is 0.714. The third-order valence-electron chi connectivity index (χ3n) is 6.83. The van der Waals surface area contributed by atoms with Gasteiger partial charge in [-0.25, -0.2) is 0 Å². The third kappa shape index (κ3) is 2.41. The van der Waals surface area contributed by atoms with E-state index >= 15 is 0 Å². The summed E-state index contributed by atoms with van der Waals surface area (Å²) < 4.78 is 0. The number of benzene rings is 1. The van der Waals surface area contributed by atoms with Crippen molar-refractivity contribution in [2.45, 2.75) is 76.7 Å². The second-order valence-corrected chi connectivity index (χ2v) is 9.64. The summed E-state index contributed by atoms with van der Waals surface area (Å²) in [6.45, 7) is 6.56. The highest BCUT2D eigenvalue weighted by Crippen LogP contribution is 2.62. The molecule has 0 unspecified atom stereocenters. The van der Waals surface area contributed by atoms with E-state index in [1.165, 1.54) is 44.1 Å². The molecule has 1 aromatic carbocycles. The van der Waals surface area contributed by atoms with Crippen LogP contribution in [0.25, 0.3) is 0 Å². The molecule has 0 aromatic heterocycles. The van der Waals surface area contributed by atoms with Crippen molar-refractivity contribution in [2.24, 2.45) is 17.8 Å². The van der Waals surface area contributed by atoms with Crippen LogP contribution in [-0.2, 0) is 17.4 Å². The van der Waals surface area contributed by atoms with Gasteiger partial charge >= 0.3 is 0 Å². The maximum absolute atomic E-state index is 10.9. The Morgan fingerprint density at radius 3 is 1.96 bits per heavy atom. The molecule has 5 rings (SSSR count). The Labute approximate surface area is 139 Å². The minimum atomic E-state index is -0.0743. The number of aliphatic hydroxyl groups excluding tert-OH is 1. The normalized spacial score (nSPS) is 35.7. The van der Waals surface area contributed by atoms with Crippen LogP contribution in [0.2, 0.25) is 0 Å². The van der Waals surface area contributed by atoms with Gasteiger partial charge in [0.2, 0.25) is 0 Å². The van der Waals surface area contributed by atoms with E-state index in [4.69, 9.17) is 0 Å². The van der Waals surface area contributed by atoms with Crippen LogP contribution < -0.4 is 0 Å². The predicted octanol–water partition coefficient (Wildman–Crippen LogP) is 4.65. The summed E-state index contributed by atoms with van der Waals surface area (Å²) in [6, 6.07) is 4.26. The van der Waals surface area contributed by atoms with Gasteiger partial charge in [0, 0.05) is 11.1 Å². The molecular weight excluding hydrogens is 284 g/mol. The average Bonchev–Trinajstić information content (AvgIpc) is 2.44. The number of hydrogen-bond donors (Lipinski definition) is 2. The fourth-order valence-electron chi connectivity index (χ4n) is 6.09. The summed E-state index contributed by atoms with van der Waals surface area (Å²) >= 11 is 0. The quantitative estimate of drug-likeness (QED) is 0.834. The lowest BCUT2D eigenvalue weighted by molar-refractivity contribution is -0.00629. The minimum Gasteiger partial charge on any atom is -0.507 e. The summed E-state index contributed by atoms with van der Waals surface area (Å²) in [4.78, 5) is 0. The molecule has 0 heterocycles. The van der Waals surface area contributed by atoms with Crippen molar-refractivity contribution in [3.63, 3.8) is 0 Å². The van der Waals surface area contributed by atoms with Crippen LogP contribution in [0.1, 0.15) is 76.0 Å². The van der Waals surface area contributed by atoms with Gasteiger partial charge in [-0.05, 0) is 78.7 Å². The molecule has 4 fully saturated rings. The first-order valence-electron chi connectivity index (χ1n) is 9.28. The molecule has 0 radical (unpaired) electrons. The highest BCUT2D eigenvalue weighted by atomic mass is 16.3. The molecule has 0 atom stereocenters. The van der Waals surface area contributed by atoms with Crippen molar-refractivity contribution in [1.82, 2.24) is 0 Å². The number of hydrogen-bond acceptors (Lipinski definition) is 2. The Morgan fingerprint density at radius 2 is 1.52 bits per heavy atom. The number of aliphatic hydroxyl groups is 1. The van der Waals surface area contributed by atoms with E-state index in [0.717, 1.165) is 23.3 Å². The zero-order chi connectivity index (χ0) is 16.4. The van der Waals surface area contributed by atoms with Crippen LogP contribution >= 0.6 is 0 Å². The fourth-order valence-corrected chi connectivity index (χ4v) is 6.09. The van der Waals surface area contributed by atoms with E-state index in [2.05, 4.69) is 26.8 Å². The van der Waals surface area contributed by atoms with Gasteiger partial charge in [0.1, 0.15) is 5.75 Å². The minimum absolute atomic E-state index is 0.0364. The second-order valence-electron chi connectivity index (χ2n) is 9.64. The zero-order valence-corrected chi connectivity index (χ0v) is 14.7. The van der Waals surface area contributed by atoms with Gasteiger partial charge < -0.3 is 10.2 Å². The summed E-state index contributed by atoms with van der Waals surface area (Å²) in [5, 5.41) is 20.6. The molecular formula is C21H30O2. The lowest BCUT2D eigenvalue weighted by Crippen LogP contribution is -2.48. The van der Waals surface area contributed by atoms with Gasteiger partial charge in [-0.1, -0.05) is 26.8 Å². The van der Waals surface area contributed by atoms with E-state index in [0.29, 0.717) is 11.3 Å². The predicted molar refractivity (Wildman–Crippen MR) is 92.6 cm³/mol. The summed E-state index contributed by atoms with van der Waals surface area (Å²) in [5.41, 5.74) is 3.31. The van der Waals surface area contributed by atoms with Crippen LogP contribution in [0.15, 0.2) is 12.1 Å². The van der Waals surface area contributed by atoms with Gasteiger partial charge in [-0.2, -0.15) is 0 Å². The van der Waals surface area contributed by atoms with Gasteiger partial charge in [0.25, 0.3) is 0 Å². The van der Waals surface area contributed by atoms with E-state index in [9.17, 15) is 10.2 Å². The molecule has 2 nitrogen and oxygen atoms in total. The SMILES string of the molecule is CC(C)(C)c1cc(CO)c(O)c(C23CC4CC(CC(C4)C2)C3)c1. The lowest BCUT2D eigenvalue weighted by atomic mass is 9.47. The Kier molecular flexibility index (Phi) is 3.36. The Balaban J connectivity index is 1.85. The first-order valence-corrected chi connectivity index (χ1v) is 9.28. The average molecular weight is 314 g/mol. The monoisotopic (exact) mass is 314 g/mol. The molecule has 126 valence electrons. The van der Waals surface area contributed by atoms with E-state index in [1.54, 1.807) is 0 Å². The van der Waals surface area contributed by atoms with Crippen LogP contribution in [0, 0.1) is 17.8 Å². The van der Waals surface area contributed by atoms with E-state index in [-0.39, 0.29) is 17.4 Å². The molecule has 2 N–H and O–H groups in total. The Bertz CT molecular complexity index is 588. The summed E-state index contributed by atoms with van der Waals surface area (Å²) in [7, 11) is 0. The van der Waals surface area contributed by atoms with E-state index < -0.39 is 0 Å². The van der Waals surface area contributed by atoms with Crippen molar-refractivity contribution < 1.29 is 10.2 Å². The topological polar surface area (TPSA) is 40.5 Å². The Hall–Kier alpha value is -1.02. The molecule has 4 saturated carbocycles. The summed E-state index contributed by atoms with van der Waals surface area (Å²) in [5.74, 6) is 2.95. The zero-order valence-electron chi connectivity index (χ0n) is 14.7. The second kappa shape index (κ2) is 4.99. The molecule has 0 amide bonds. The van der Waals surface area contributed by atoms with Crippen molar-refractivity contribution in [3.8, 4) is 5.75 Å². The van der Waals surface area contributed by atoms with Crippen molar-refractivity contribution in [1.29, 1.82) is 0 Å². The molecule has 4 bridgehead atoms. The maximum atomic E-state index is 10.9. The highest BCUT2D eigenvalue weighted by molar-refractivity contribution is 5.50. The van der Waals surface area contributed by atoms with Gasteiger partial charge in [-0.15, -0.1) is 0 Å². The van der Waals surface area contributed by atoms with E-state index in [1.807, 2.05) is 6.07 Å². The highest BCUT2D eigenvalue weighted by Gasteiger charge is 2.52. The third-order valence-corrected chi connectivity index (χ3v) is 6.83. The standard InChI is InChI=1S/C21H30O2/c1-20(2,3)17-7-16(12-22)19(23)18(8-17)21-9-13-4-14(10-21)6-15(5-13)11-21/h7-8,13-15,22-23H,4-6,9-12H2,1-3H3. The molecule has 4 aliphatic carbocycles. The number of phenols is 1. The van der Waals surface area contributed by atoms with Crippen LogP contribution in [-0.4, -0.2) is 10.2 Å². The summed E-state index contributed by atoms with van der Waals surface area (Å²) in [6.07, 6.45) is 7.95. The van der Waals surface area contributed by atoms with Gasteiger partial charge in [-0.3, -0.25) is 0 Å². The molecule has 23 heavy (non-hydrogen) atoms. The maximum Gasteiger partial charge on any atom is 0.124 e. The van der Waals surface area contributed by atoms with Crippen molar-refractivity contribution in [3.05, 3.63) is 28.8 Å². The number of rotatable bonds is 2. The molecule has 0 spiro atoms. The van der Waals surface area contributed by atoms with Crippen LogP contribution in [0.4, 0.5) is 0 Å². The molecule has 4 aliphatic rings.